The van der Waals surface area contributed by atoms with Gasteiger partial charge in [-0.1, -0.05) is 18.6 Å². The number of nitrogens with one attached hydrogen (secondary N) is 1. The van der Waals surface area contributed by atoms with Crippen LogP contribution in [0.3, 0.4) is 0 Å². The fourth-order valence-electron chi connectivity index (χ4n) is 4.40. The molecule has 1 unspecified atom stereocenters. The second-order valence-electron chi connectivity index (χ2n) is 7.55. The topological polar surface area (TPSA) is 64.0 Å². The van der Waals surface area contributed by atoms with Crippen molar-refractivity contribution in [3.8, 4) is 5.69 Å². The van der Waals surface area contributed by atoms with Gasteiger partial charge in [0, 0.05) is 36.7 Å². The molecule has 1 N–H and O–H groups in total. The lowest BCUT2D eigenvalue weighted by molar-refractivity contribution is -0.137. The Hall–Kier alpha value is -2.43. The summed E-state index contributed by atoms with van der Waals surface area (Å²) in [6.45, 7) is 0.639. The van der Waals surface area contributed by atoms with Crippen LogP contribution in [-0.2, 0) is 16.0 Å². The fraction of sp³-hybridized carbons (Fsp3) is 0.476. The smallest absolute Gasteiger partial charge is 0.223 e. The standard InChI is InChI=1S/C21H25N3O2/c25-20-16-3-1-4-17(20)14-18(13-16)21(26)22-11-9-15-5-7-19(8-6-15)24-12-2-10-23-24/h2,5-8,10,12,16-18H,1,3-4,9,11,13-14H2,(H,22,26)/t16-,17+,18?. The summed E-state index contributed by atoms with van der Waals surface area (Å²) < 4.78 is 1.83. The molecule has 4 rings (SSSR count). The molecule has 0 aliphatic heterocycles. The molecule has 2 fully saturated rings. The maximum atomic E-state index is 12.5. The van der Waals surface area contributed by atoms with E-state index in [2.05, 4.69) is 22.5 Å². The third-order valence-electron chi connectivity index (χ3n) is 5.84. The van der Waals surface area contributed by atoms with E-state index in [1.54, 1.807) is 6.20 Å². The Bertz CT molecular complexity index is 751. The van der Waals surface area contributed by atoms with Crippen LogP contribution in [0.5, 0.6) is 0 Å². The van der Waals surface area contributed by atoms with Gasteiger partial charge in [0.2, 0.25) is 5.91 Å². The summed E-state index contributed by atoms with van der Waals surface area (Å²) in [6, 6.07) is 10.1. The van der Waals surface area contributed by atoms with Crippen LogP contribution < -0.4 is 5.32 Å². The van der Waals surface area contributed by atoms with Crippen LogP contribution in [0.25, 0.3) is 5.69 Å². The zero-order valence-corrected chi connectivity index (χ0v) is 14.9. The molecule has 5 heteroatoms. The third-order valence-corrected chi connectivity index (χ3v) is 5.84. The number of aromatic nitrogens is 2. The fourth-order valence-corrected chi connectivity index (χ4v) is 4.40. The number of ketones is 1. The van der Waals surface area contributed by atoms with Crippen molar-refractivity contribution in [2.45, 2.75) is 38.5 Å². The molecule has 1 aromatic heterocycles. The van der Waals surface area contributed by atoms with Gasteiger partial charge >= 0.3 is 0 Å². The quantitative estimate of drug-likeness (QED) is 0.901. The van der Waals surface area contributed by atoms with Crippen LogP contribution in [0.2, 0.25) is 0 Å². The Labute approximate surface area is 153 Å². The summed E-state index contributed by atoms with van der Waals surface area (Å²) in [7, 11) is 0. The van der Waals surface area contributed by atoms with Gasteiger partial charge in [0.05, 0.1) is 5.69 Å². The number of benzene rings is 1. The van der Waals surface area contributed by atoms with Crippen LogP contribution in [0, 0.1) is 17.8 Å². The van der Waals surface area contributed by atoms with Gasteiger partial charge in [0.1, 0.15) is 5.78 Å². The highest BCUT2D eigenvalue weighted by Gasteiger charge is 2.41. The van der Waals surface area contributed by atoms with Crippen LogP contribution in [-0.4, -0.2) is 28.0 Å². The highest BCUT2D eigenvalue weighted by atomic mass is 16.2. The maximum Gasteiger partial charge on any atom is 0.223 e. The average molecular weight is 351 g/mol. The van der Waals surface area contributed by atoms with Crippen molar-refractivity contribution in [2.24, 2.45) is 17.8 Å². The summed E-state index contributed by atoms with van der Waals surface area (Å²) >= 11 is 0. The zero-order valence-electron chi connectivity index (χ0n) is 14.9. The summed E-state index contributed by atoms with van der Waals surface area (Å²) in [5.41, 5.74) is 2.22. The van der Waals surface area contributed by atoms with E-state index < -0.39 is 0 Å². The molecule has 2 aliphatic rings. The number of rotatable bonds is 5. The highest BCUT2D eigenvalue weighted by molar-refractivity contribution is 5.88. The first-order valence-corrected chi connectivity index (χ1v) is 9.61. The average Bonchev–Trinajstić information content (AvgIpc) is 3.16. The largest absolute Gasteiger partial charge is 0.356 e. The lowest BCUT2D eigenvalue weighted by Gasteiger charge is -2.36. The molecule has 0 spiro atoms. The number of carbonyl (C=O) groups is 2. The second-order valence-corrected chi connectivity index (χ2v) is 7.55. The normalized spacial score (nSPS) is 25.1. The Morgan fingerprint density at radius 3 is 2.54 bits per heavy atom. The molecule has 2 bridgehead atoms. The van der Waals surface area contributed by atoms with Gasteiger partial charge < -0.3 is 5.32 Å². The second kappa shape index (κ2) is 7.44. The van der Waals surface area contributed by atoms with Gasteiger partial charge in [0.25, 0.3) is 0 Å². The van der Waals surface area contributed by atoms with E-state index >= 15 is 0 Å². The number of hydrogen-bond acceptors (Lipinski definition) is 3. The number of hydrogen-bond donors (Lipinski definition) is 1. The SMILES string of the molecule is O=C(NCCc1ccc(-n2cccn2)cc1)C1C[C@H]2CCC[C@@H](C1)C2=O. The number of carbonyl (C=O) groups excluding carboxylic acids is 2. The first-order valence-electron chi connectivity index (χ1n) is 9.61. The summed E-state index contributed by atoms with van der Waals surface area (Å²) in [5.74, 6) is 0.825. The molecular formula is C21H25N3O2. The number of nitrogens with zero attached hydrogens (tertiary/aromatic N) is 2. The van der Waals surface area contributed by atoms with Gasteiger partial charge in [-0.15, -0.1) is 0 Å². The van der Waals surface area contributed by atoms with Gasteiger partial charge in [-0.25, -0.2) is 4.68 Å². The van der Waals surface area contributed by atoms with Crippen molar-refractivity contribution < 1.29 is 9.59 Å². The van der Waals surface area contributed by atoms with Gasteiger partial charge in [-0.2, -0.15) is 5.10 Å². The molecule has 0 saturated heterocycles. The minimum atomic E-state index is 0.0187. The van der Waals surface area contributed by atoms with Crippen LogP contribution in [0.1, 0.15) is 37.7 Å². The van der Waals surface area contributed by atoms with E-state index in [0.717, 1.165) is 44.2 Å². The predicted octanol–water partition coefficient (Wildman–Crippen LogP) is 2.93. The molecule has 3 atom stereocenters. The van der Waals surface area contributed by atoms with E-state index in [1.807, 2.05) is 29.1 Å². The van der Waals surface area contributed by atoms with Crippen molar-refractivity contribution >= 4 is 11.7 Å². The van der Waals surface area contributed by atoms with Crippen LogP contribution in [0.15, 0.2) is 42.7 Å². The molecule has 2 saturated carbocycles. The Morgan fingerprint density at radius 1 is 1.15 bits per heavy atom. The summed E-state index contributed by atoms with van der Waals surface area (Å²) in [5, 5.41) is 7.30. The van der Waals surface area contributed by atoms with E-state index in [-0.39, 0.29) is 23.7 Å². The maximum absolute atomic E-state index is 12.5. The van der Waals surface area contributed by atoms with Crippen LogP contribution >= 0.6 is 0 Å². The van der Waals surface area contributed by atoms with E-state index in [0.29, 0.717) is 12.3 Å². The Kier molecular flexibility index (Phi) is 4.87. The number of Topliss-reactive ketones (excluding diaryl/α,β-unsaturated/α-hetero) is 1. The van der Waals surface area contributed by atoms with Gasteiger partial charge in [-0.05, 0) is 55.9 Å². The van der Waals surface area contributed by atoms with Crippen molar-refractivity contribution in [2.75, 3.05) is 6.54 Å². The first-order chi connectivity index (χ1) is 12.7. The van der Waals surface area contributed by atoms with Crippen molar-refractivity contribution in [3.63, 3.8) is 0 Å². The molecule has 0 radical (unpaired) electrons. The Morgan fingerprint density at radius 2 is 1.88 bits per heavy atom. The van der Waals surface area contributed by atoms with Gasteiger partial charge in [-0.3, -0.25) is 9.59 Å². The lowest BCUT2D eigenvalue weighted by Crippen LogP contribution is -2.42. The highest BCUT2D eigenvalue weighted by Crippen LogP contribution is 2.40. The third kappa shape index (κ3) is 3.57. The molecule has 1 aromatic carbocycles. The minimum Gasteiger partial charge on any atom is -0.356 e. The summed E-state index contributed by atoms with van der Waals surface area (Å²) in [4.78, 5) is 24.7. The predicted molar refractivity (Wildman–Crippen MR) is 98.8 cm³/mol. The summed E-state index contributed by atoms with van der Waals surface area (Å²) in [6.07, 6.45) is 9.08. The number of amides is 1. The molecule has 2 aliphatic carbocycles. The molecule has 2 aromatic rings. The van der Waals surface area contributed by atoms with Gasteiger partial charge in [0.15, 0.2) is 0 Å². The van der Waals surface area contributed by atoms with Crippen molar-refractivity contribution in [3.05, 3.63) is 48.3 Å². The molecule has 5 nitrogen and oxygen atoms in total. The lowest BCUT2D eigenvalue weighted by atomic mass is 9.67. The monoisotopic (exact) mass is 351 g/mol. The van der Waals surface area contributed by atoms with Crippen molar-refractivity contribution in [1.82, 2.24) is 15.1 Å². The molecule has 1 amide bonds. The van der Waals surface area contributed by atoms with E-state index in [1.165, 1.54) is 5.56 Å². The molecule has 1 heterocycles. The molecule has 136 valence electrons. The molecule has 26 heavy (non-hydrogen) atoms. The van der Waals surface area contributed by atoms with Crippen LogP contribution in [0.4, 0.5) is 0 Å². The minimum absolute atomic E-state index is 0.0187. The molecular weight excluding hydrogens is 326 g/mol. The van der Waals surface area contributed by atoms with Crippen molar-refractivity contribution in [1.29, 1.82) is 0 Å². The zero-order chi connectivity index (χ0) is 17.9. The number of fused-ring (bicyclic) bond motifs is 2. The van der Waals surface area contributed by atoms with E-state index in [9.17, 15) is 9.59 Å². The van der Waals surface area contributed by atoms with E-state index in [4.69, 9.17) is 0 Å². The Balaban J connectivity index is 1.27. The first kappa shape index (κ1) is 17.0.